The fourth-order valence-electron chi connectivity index (χ4n) is 2.71. The van der Waals surface area contributed by atoms with E-state index in [-0.39, 0.29) is 17.7 Å². The van der Waals surface area contributed by atoms with E-state index < -0.39 is 10.0 Å². The summed E-state index contributed by atoms with van der Waals surface area (Å²) in [7, 11) is -3.36. The van der Waals surface area contributed by atoms with Crippen LogP contribution in [-0.2, 0) is 28.6 Å². The van der Waals surface area contributed by atoms with Crippen molar-refractivity contribution in [3.8, 4) is 0 Å². The number of hydrogen-bond donors (Lipinski definition) is 2. The molecule has 0 saturated carbocycles. The zero-order valence-electron chi connectivity index (χ0n) is 12.1. The van der Waals surface area contributed by atoms with Crippen LogP contribution in [0.1, 0.15) is 23.2 Å². The van der Waals surface area contributed by atoms with E-state index in [0.29, 0.717) is 12.8 Å². The molecule has 0 aliphatic heterocycles. The lowest BCUT2D eigenvalue weighted by atomic mass is 9.94. The first-order chi connectivity index (χ1) is 10.5. The SMILES string of the molecule is Nc1ncc2c(n1)CCC(NS(=O)(=O)Cc1ccccc1)C2. The summed E-state index contributed by atoms with van der Waals surface area (Å²) in [5.41, 5.74) is 8.24. The molecule has 1 aromatic carbocycles. The van der Waals surface area contributed by atoms with Gasteiger partial charge in [-0.1, -0.05) is 30.3 Å². The zero-order valence-corrected chi connectivity index (χ0v) is 12.9. The van der Waals surface area contributed by atoms with E-state index in [1.807, 2.05) is 30.3 Å². The molecule has 22 heavy (non-hydrogen) atoms. The maximum atomic E-state index is 12.3. The first kappa shape index (κ1) is 14.9. The Balaban J connectivity index is 1.67. The zero-order chi connectivity index (χ0) is 15.6. The van der Waals surface area contributed by atoms with Crippen LogP contribution in [0.2, 0.25) is 0 Å². The summed E-state index contributed by atoms with van der Waals surface area (Å²) in [5, 5.41) is 0. The van der Waals surface area contributed by atoms with Gasteiger partial charge in [0.1, 0.15) is 0 Å². The highest BCUT2D eigenvalue weighted by atomic mass is 32.2. The van der Waals surface area contributed by atoms with Crippen LogP contribution in [0.4, 0.5) is 5.95 Å². The number of aryl methyl sites for hydroxylation is 1. The molecule has 1 aliphatic rings. The molecule has 7 heteroatoms. The lowest BCUT2D eigenvalue weighted by molar-refractivity contribution is 0.501. The summed E-state index contributed by atoms with van der Waals surface area (Å²) in [5.74, 6) is 0.261. The molecule has 1 heterocycles. The molecule has 116 valence electrons. The number of rotatable bonds is 4. The summed E-state index contributed by atoms with van der Waals surface area (Å²) in [6, 6.07) is 9.05. The third kappa shape index (κ3) is 3.61. The van der Waals surface area contributed by atoms with E-state index in [1.165, 1.54) is 0 Å². The van der Waals surface area contributed by atoms with Gasteiger partial charge < -0.3 is 5.73 Å². The number of benzene rings is 1. The smallest absolute Gasteiger partial charge is 0.220 e. The number of sulfonamides is 1. The lowest BCUT2D eigenvalue weighted by Crippen LogP contribution is -2.39. The second kappa shape index (κ2) is 6.02. The van der Waals surface area contributed by atoms with Gasteiger partial charge in [-0.05, 0) is 30.4 Å². The molecule has 0 saturated heterocycles. The lowest BCUT2D eigenvalue weighted by Gasteiger charge is -2.24. The standard InChI is InChI=1S/C15H18N4O2S/c16-15-17-9-12-8-13(6-7-14(12)18-15)19-22(20,21)10-11-4-2-1-3-5-11/h1-5,9,13,19H,6-8,10H2,(H2,16,17,18). The second-order valence-corrected chi connectivity index (χ2v) is 7.26. The van der Waals surface area contributed by atoms with Gasteiger partial charge in [0, 0.05) is 17.9 Å². The van der Waals surface area contributed by atoms with Gasteiger partial charge in [-0.25, -0.2) is 23.1 Å². The molecule has 6 nitrogen and oxygen atoms in total. The van der Waals surface area contributed by atoms with Crippen LogP contribution in [0.15, 0.2) is 36.5 Å². The predicted molar refractivity (Wildman–Crippen MR) is 84.5 cm³/mol. The van der Waals surface area contributed by atoms with E-state index in [9.17, 15) is 8.42 Å². The molecule has 1 aromatic heterocycles. The Bertz CT molecular complexity index is 762. The maximum Gasteiger partial charge on any atom is 0.220 e. The van der Waals surface area contributed by atoms with Crippen LogP contribution in [0.25, 0.3) is 0 Å². The summed E-state index contributed by atoms with van der Waals surface area (Å²) in [6.45, 7) is 0. The molecule has 1 unspecified atom stereocenters. The average molecular weight is 318 g/mol. The molecular formula is C15H18N4O2S. The van der Waals surface area contributed by atoms with Crippen LogP contribution in [0.3, 0.4) is 0 Å². The van der Waals surface area contributed by atoms with Gasteiger partial charge in [-0.3, -0.25) is 0 Å². The van der Waals surface area contributed by atoms with Crippen LogP contribution in [0, 0.1) is 0 Å². The third-order valence-corrected chi connectivity index (χ3v) is 5.12. The molecule has 0 bridgehead atoms. The van der Waals surface area contributed by atoms with Crippen molar-refractivity contribution in [2.75, 3.05) is 5.73 Å². The van der Waals surface area contributed by atoms with E-state index in [0.717, 1.165) is 23.2 Å². The number of anilines is 1. The Morgan fingerprint density at radius 1 is 1.27 bits per heavy atom. The molecule has 0 spiro atoms. The van der Waals surface area contributed by atoms with E-state index >= 15 is 0 Å². The molecule has 0 fully saturated rings. The number of aromatic nitrogens is 2. The minimum Gasteiger partial charge on any atom is -0.368 e. The quantitative estimate of drug-likeness (QED) is 0.877. The highest BCUT2D eigenvalue weighted by Crippen LogP contribution is 2.20. The largest absolute Gasteiger partial charge is 0.368 e. The predicted octanol–water partition coefficient (Wildman–Crippen LogP) is 1.04. The van der Waals surface area contributed by atoms with Crippen LogP contribution >= 0.6 is 0 Å². The first-order valence-corrected chi connectivity index (χ1v) is 8.81. The molecule has 0 amide bonds. The Hall–Kier alpha value is -1.99. The van der Waals surface area contributed by atoms with Crippen molar-refractivity contribution in [1.82, 2.24) is 14.7 Å². The number of nitrogens with one attached hydrogen (secondary N) is 1. The highest BCUT2D eigenvalue weighted by molar-refractivity contribution is 7.88. The fraction of sp³-hybridized carbons (Fsp3) is 0.333. The summed E-state index contributed by atoms with van der Waals surface area (Å²) < 4.78 is 27.3. The Kier molecular flexibility index (Phi) is 4.08. The molecule has 1 aliphatic carbocycles. The number of nitrogen functional groups attached to an aromatic ring is 1. The van der Waals surface area contributed by atoms with Crippen molar-refractivity contribution in [2.24, 2.45) is 0 Å². The molecule has 2 aromatic rings. The van der Waals surface area contributed by atoms with Gasteiger partial charge in [0.05, 0.1) is 5.75 Å². The second-order valence-electron chi connectivity index (χ2n) is 5.50. The first-order valence-electron chi connectivity index (χ1n) is 7.16. The molecule has 1 atom stereocenters. The maximum absolute atomic E-state index is 12.3. The molecule has 3 N–H and O–H groups in total. The normalized spacial score (nSPS) is 17.9. The number of hydrogen-bond acceptors (Lipinski definition) is 5. The number of fused-ring (bicyclic) bond motifs is 1. The molecule has 0 radical (unpaired) electrons. The molecular weight excluding hydrogens is 300 g/mol. The van der Waals surface area contributed by atoms with Crippen molar-refractivity contribution in [3.05, 3.63) is 53.3 Å². The van der Waals surface area contributed by atoms with Gasteiger partial charge in [0.25, 0.3) is 0 Å². The summed E-state index contributed by atoms with van der Waals surface area (Å²) in [6.07, 6.45) is 3.72. The van der Waals surface area contributed by atoms with Gasteiger partial charge >= 0.3 is 0 Å². The average Bonchev–Trinajstić information content (AvgIpc) is 2.47. The highest BCUT2D eigenvalue weighted by Gasteiger charge is 2.24. The van der Waals surface area contributed by atoms with Crippen LogP contribution in [0.5, 0.6) is 0 Å². The van der Waals surface area contributed by atoms with Crippen molar-refractivity contribution in [1.29, 1.82) is 0 Å². The van der Waals surface area contributed by atoms with Crippen LogP contribution < -0.4 is 10.5 Å². The Labute approximate surface area is 129 Å². The minimum absolute atomic E-state index is 0.00453. The van der Waals surface area contributed by atoms with Gasteiger partial charge in [-0.15, -0.1) is 0 Å². The summed E-state index contributed by atoms with van der Waals surface area (Å²) in [4.78, 5) is 8.18. The number of nitrogens with two attached hydrogens (primary N) is 1. The van der Waals surface area contributed by atoms with Crippen molar-refractivity contribution < 1.29 is 8.42 Å². The van der Waals surface area contributed by atoms with Crippen molar-refractivity contribution >= 4 is 16.0 Å². The van der Waals surface area contributed by atoms with Gasteiger partial charge in [0.15, 0.2) is 0 Å². The van der Waals surface area contributed by atoms with Crippen LogP contribution in [-0.4, -0.2) is 24.4 Å². The van der Waals surface area contributed by atoms with Crippen molar-refractivity contribution in [3.63, 3.8) is 0 Å². The third-order valence-electron chi connectivity index (χ3n) is 3.71. The van der Waals surface area contributed by atoms with E-state index in [4.69, 9.17) is 5.73 Å². The topological polar surface area (TPSA) is 98.0 Å². The van der Waals surface area contributed by atoms with Crippen molar-refractivity contribution in [2.45, 2.75) is 31.1 Å². The monoisotopic (exact) mass is 318 g/mol. The minimum atomic E-state index is -3.36. The van der Waals surface area contributed by atoms with E-state index in [2.05, 4.69) is 14.7 Å². The number of nitrogens with zero attached hydrogens (tertiary/aromatic N) is 2. The summed E-state index contributed by atoms with van der Waals surface area (Å²) >= 11 is 0. The van der Waals surface area contributed by atoms with Gasteiger partial charge in [-0.2, -0.15) is 0 Å². The van der Waals surface area contributed by atoms with Gasteiger partial charge in [0.2, 0.25) is 16.0 Å². The Morgan fingerprint density at radius 2 is 2.05 bits per heavy atom. The molecule has 3 rings (SSSR count). The fourth-order valence-corrected chi connectivity index (χ4v) is 4.14. The van der Waals surface area contributed by atoms with E-state index in [1.54, 1.807) is 6.20 Å². The Morgan fingerprint density at radius 3 is 2.82 bits per heavy atom.